The van der Waals surface area contributed by atoms with Gasteiger partial charge in [0.05, 0.1) is 0 Å². The van der Waals surface area contributed by atoms with Crippen LogP contribution in [0.4, 0.5) is 17.2 Å². The maximum atomic E-state index is 12.3. The minimum Gasteiger partial charge on any atom is -0.367 e. The fourth-order valence-corrected chi connectivity index (χ4v) is 2.07. The number of anilines is 3. The zero-order valence-corrected chi connectivity index (χ0v) is 12.7. The van der Waals surface area contributed by atoms with Crippen LogP contribution < -0.4 is 16.0 Å². The van der Waals surface area contributed by atoms with Gasteiger partial charge in [-0.25, -0.2) is 9.97 Å². The molecule has 1 heterocycles. The Morgan fingerprint density at radius 3 is 2.52 bits per heavy atom. The monoisotopic (exact) mass is 311 g/mol. The average molecular weight is 311 g/mol. The number of nitrogens with zero attached hydrogens (tertiary/aromatic N) is 2. The molecule has 0 bridgehead atoms. The van der Waals surface area contributed by atoms with Gasteiger partial charge in [-0.05, 0) is 31.0 Å². The van der Waals surface area contributed by atoms with Crippen molar-refractivity contribution < 1.29 is 9.59 Å². The molecule has 1 aliphatic rings. The summed E-state index contributed by atoms with van der Waals surface area (Å²) in [5.74, 6) is 0.158. The number of hydrogen-bond acceptors (Lipinski definition) is 5. The van der Waals surface area contributed by atoms with E-state index in [9.17, 15) is 9.59 Å². The molecule has 118 valence electrons. The summed E-state index contributed by atoms with van der Waals surface area (Å²) < 4.78 is 0. The number of hydrogen-bond donors (Lipinski definition) is 3. The molecule has 3 rings (SSSR count). The first-order chi connectivity index (χ1) is 11.1. The van der Waals surface area contributed by atoms with Crippen molar-refractivity contribution in [2.75, 3.05) is 16.0 Å². The Morgan fingerprint density at radius 1 is 1.09 bits per heavy atom. The predicted octanol–water partition coefficient (Wildman–Crippen LogP) is 2.26. The normalized spacial score (nSPS) is 13.3. The molecule has 1 fully saturated rings. The molecule has 0 saturated heterocycles. The smallest absolute Gasteiger partial charge is 0.274 e. The Hall–Kier alpha value is -2.96. The third-order valence-electron chi connectivity index (χ3n) is 3.27. The Bertz CT molecular complexity index is 743. The lowest BCUT2D eigenvalue weighted by atomic mass is 10.2. The zero-order chi connectivity index (χ0) is 16.2. The minimum atomic E-state index is -0.328. The van der Waals surface area contributed by atoms with Gasteiger partial charge in [-0.1, -0.05) is 6.07 Å². The SMILES string of the molecule is CC(=O)Nc1cccc(NC(=O)c2cc(NC3CC3)ncn2)c1. The van der Waals surface area contributed by atoms with E-state index in [4.69, 9.17) is 0 Å². The number of benzene rings is 1. The number of carbonyl (C=O) groups is 2. The van der Waals surface area contributed by atoms with Gasteiger partial charge in [0, 0.05) is 30.4 Å². The van der Waals surface area contributed by atoms with Crippen molar-refractivity contribution in [2.24, 2.45) is 0 Å². The zero-order valence-electron chi connectivity index (χ0n) is 12.7. The topological polar surface area (TPSA) is 96.0 Å². The first kappa shape index (κ1) is 15.0. The Balaban J connectivity index is 1.69. The molecule has 7 nitrogen and oxygen atoms in total. The van der Waals surface area contributed by atoms with E-state index in [-0.39, 0.29) is 17.5 Å². The van der Waals surface area contributed by atoms with E-state index in [0.29, 0.717) is 23.2 Å². The third-order valence-corrected chi connectivity index (χ3v) is 3.27. The van der Waals surface area contributed by atoms with Crippen LogP contribution in [0.25, 0.3) is 0 Å². The Morgan fingerprint density at radius 2 is 1.83 bits per heavy atom. The van der Waals surface area contributed by atoms with Crippen LogP contribution in [0.3, 0.4) is 0 Å². The number of amides is 2. The van der Waals surface area contributed by atoms with Crippen LogP contribution in [0.15, 0.2) is 36.7 Å². The number of carbonyl (C=O) groups excluding carboxylic acids is 2. The van der Waals surface area contributed by atoms with Crippen molar-refractivity contribution in [2.45, 2.75) is 25.8 Å². The molecule has 1 aromatic heterocycles. The van der Waals surface area contributed by atoms with Crippen molar-refractivity contribution in [3.63, 3.8) is 0 Å². The first-order valence-corrected chi connectivity index (χ1v) is 7.38. The van der Waals surface area contributed by atoms with Crippen LogP contribution in [0.5, 0.6) is 0 Å². The quantitative estimate of drug-likeness (QED) is 0.787. The van der Waals surface area contributed by atoms with Crippen LogP contribution >= 0.6 is 0 Å². The Kier molecular flexibility index (Phi) is 4.18. The van der Waals surface area contributed by atoms with Crippen LogP contribution in [-0.2, 0) is 4.79 Å². The molecule has 1 saturated carbocycles. The summed E-state index contributed by atoms with van der Waals surface area (Å²) in [7, 11) is 0. The maximum absolute atomic E-state index is 12.3. The van der Waals surface area contributed by atoms with Crippen molar-refractivity contribution in [3.8, 4) is 0 Å². The molecule has 23 heavy (non-hydrogen) atoms. The van der Waals surface area contributed by atoms with Crippen LogP contribution in [-0.4, -0.2) is 27.8 Å². The number of aromatic nitrogens is 2. The van der Waals surface area contributed by atoms with Gasteiger partial charge in [0.1, 0.15) is 17.8 Å². The molecular formula is C16H17N5O2. The average Bonchev–Trinajstić information content (AvgIpc) is 3.31. The molecule has 2 amide bonds. The van der Waals surface area contributed by atoms with Gasteiger partial charge in [-0.2, -0.15) is 0 Å². The molecule has 3 N–H and O–H groups in total. The maximum Gasteiger partial charge on any atom is 0.274 e. The summed E-state index contributed by atoms with van der Waals surface area (Å²) in [4.78, 5) is 31.5. The molecule has 0 radical (unpaired) electrons. The summed E-state index contributed by atoms with van der Waals surface area (Å²) in [6.07, 6.45) is 3.62. The second-order valence-corrected chi connectivity index (χ2v) is 5.42. The lowest BCUT2D eigenvalue weighted by Crippen LogP contribution is -2.15. The highest BCUT2D eigenvalue weighted by atomic mass is 16.2. The lowest BCUT2D eigenvalue weighted by Gasteiger charge is -2.08. The van der Waals surface area contributed by atoms with Gasteiger partial charge in [0.25, 0.3) is 5.91 Å². The molecule has 0 aliphatic heterocycles. The van der Waals surface area contributed by atoms with E-state index < -0.39 is 0 Å². The predicted molar refractivity (Wildman–Crippen MR) is 87.4 cm³/mol. The molecule has 1 aliphatic carbocycles. The summed E-state index contributed by atoms with van der Waals surface area (Å²) in [6, 6.07) is 9.01. The van der Waals surface area contributed by atoms with Gasteiger partial charge in [0.2, 0.25) is 5.91 Å². The fraction of sp³-hybridized carbons (Fsp3) is 0.250. The summed E-state index contributed by atoms with van der Waals surface area (Å²) >= 11 is 0. The summed E-state index contributed by atoms with van der Waals surface area (Å²) in [5, 5.41) is 8.66. The van der Waals surface area contributed by atoms with Gasteiger partial charge >= 0.3 is 0 Å². The molecule has 7 heteroatoms. The Labute approximate surface area is 133 Å². The second kappa shape index (κ2) is 6.43. The van der Waals surface area contributed by atoms with Crippen molar-refractivity contribution in [1.82, 2.24) is 9.97 Å². The highest BCUT2D eigenvalue weighted by Crippen LogP contribution is 2.23. The fourth-order valence-electron chi connectivity index (χ4n) is 2.07. The van der Waals surface area contributed by atoms with E-state index in [2.05, 4.69) is 25.9 Å². The summed E-state index contributed by atoms with van der Waals surface area (Å²) in [6.45, 7) is 1.43. The van der Waals surface area contributed by atoms with E-state index in [0.717, 1.165) is 12.8 Å². The van der Waals surface area contributed by atoms with Gasteiger partial charge in [-0.3, -0.25) is 9.59 Å². The largest absolute Gasteiger partial charge is 0.367 e. The van der Waals surface area contributed by atoms with E-state index in [1.54, 1.807) is 30.3 Å². The van der Waals surface area contributed by atoms with E-state index >= 15 is 0 Å². The molecule has 0 spiro atoms. The van der Waals surface area contributed by atoms with Crippen LogP contribution in [0.2, 0.25) is 0 Å². The molecule has 2 aromatic rings. The van der Waals surface area contributed by atoms with Crippen molar-refractivity contribution in [3.05, 3.63) is 42.4 Å². The molecular weight excluding hydrogens is 294 g/mol. The minimum absolute atomic E-state index is 0.167. The second-order valence-electron chi connectivity index (χ2n) is 5.42. The number of nitrogens with one attached hydrogen (secondary N) is 3. The van der Waals surface area contributed by atoms with Crippen molar-refractivity contribution >= 4 is 29.0 Å². The van der Waals surface area contributed by atoms with Crippen molar-refractivity contribution in [1.29, 1.82) is 0 Å². The third kappa shape index (κ3) is 4.26. The summed E-state index contributed by atoms with van der Waals surface area (Å²) in [5.41, 5.74) is 1.48. The molecule has 1 aromatic carbocycles. The molecule has 0 atom stereocenters. The standard InChI is InChI=1S/C16H17N5O2/c1-10(22)19-12-3-2-4-13(7-12)21-16(23)14-8-15(18-9-17-14)20-11-5-6-11/h2-4,7-9,11H,5-6H2,1H3,(H,19,22)(H,21,23)(H,17,18,20). The van der Waals surface area contributed by atoms with E-state index in [1.807, 2.05) is 0 Å². The lowest BCUT2D eigenvalue weighted by molar-refractivity contribution is -0.114. The van der Waals surface area contributed by atoms with Gasteiger partial charge < -0.3 is 16.0 Å². The van der Waals surface area contributed by atoms with Gasteiger partial charge in [0.15, 0.2) is 0 Å². The van der Waals surface area contributed by atoms with Gasteiger partial charge in [-0.15, -0.1) is 0 Å². The number of rotatable bonds is 5. The van der Waals surface area contributed by atoms with E-state index in [1.165, 1.54) is 13.3 Å². The molecule has 0 unspecified atom stereocenters. The first-order valence-electron chi connectivity index (χ1n) is 7.38. The van der Waals surface area contributed by atoms with Crippen LogP contribution in [0.1, 0.15) is 30.3 Å². The highest BCUT2D eigenvalue weighted by molar-refractivity contribution is 6.03. The highest BCUT2D eigenvalue weighted by Gasteiger charge is 2.21. The van der Waals surface area contributed by atoms with Crippen LogP contribution in [0, 0.1) is 0 Å².